The highest BCUT2D eigenvalue weighted by molar-refractivity contribution is 7.80. The van der Waals surface area contributed by atoms with Gasteiger partial charge in [0.05, 0.1) is 18.7 Å². The van der Waals surface area contributed by atoms with Crippen LogP contribution in [0.15, 0.2) is 147 Å². The van der Waals surface area contributed by atoms with E-state index in [2.05, 4.69) is 109 Å². The fourth-order valence-electron chi connectivity index (χ4n) is 11.4. The van der Waals surface area contributed by atoms with Crippen molar-refractivity contribution >= 4 is 113 Å². The minimum absolute atomic E-state index is 0.0214. The van der Waals surface area contributed by atoms with Crippen LogP contribution in [0.4, 0.5) is 0 Å². The molecule has 11 amide bonds. The number of aliphatic carboxylic acids is 1. The Morgan fingerprint density at radius 1 is 0.458 bits per heavy atom. The summed E-state index contributed by atoms with van der Waals surface area (Å²) in [6.45, 7) is 3.30. The van der Waals surface area contributed by atoms with Crippen LogP contribution in [0.25, 0.3) is 10.9 Å². The minimum atomic E-state index is -1.66. The summed E-state index contributed by atoms with van der Waals surface area (Å²) < 4.78 is 0. The Morgan fingerprint density at radius 3 is 1.32 bits per heavy atom. The van der Waals surface area contributed by atoms with Gasteiger partial charge < -0.3 is 95.7 Å². The van der Waals surface area contributed by atoms with Crippen LogP contribution < -0.4 is 75.7 Å². The van der Waals surface area contributed by atoms with Crippen LogP contribution in [0.5, 0.6) is 0 Å². The minimum Gasteiger partial charge on any atom is -0.480 e. The zero-order valence-electron chi connectivity index (χ0n) is 58.8. The number of hydrogen-bond donors (Lipinski definition) is 21. The van der Waals surface area contributed by atoms with Gasteiger partial charge in [-0.3, -0.25) is 58.1 Å². The number of guanidine groups is 1. The molecular formula is C72H92N20O13S2. The van der Waals surface area contributed by atoms with E-state index in [9.17, 15) is 57.8 Å². The number of nitrogens with zero attached hydrogens (tertiary/aromatic N) is 2. The van der Waals surface area contributed by atoms with Crippen molar-refractivity contribution in [2.45, 2.75) is 145 Å². The van der Waals surface area contributed by atoms with Crippen molar-refractivity contribution in [1.82, 2.24) is 83.4 Å². The lowest BCUT2D eigenvalue weighted by atomic mass is 9.99. The summed E-state index contributed by atoms with van der Waals surface area (Å²) >= 11 is 8.61. The van der Waals surface area contributed by atoms with Crippen molar-refractivity contribution in [3.8, 4) is 0 Å². The molecule has 3 aromatic heterocycles. The van der Waals surface area contributed by atoms with E-state index in [1.54, 1.807) is 111 Å². The molecule has 107 heavy (non-hydrogen) atoms. The van der Waals surface area contributed by atoms with Gasteiger partial charge >= 0.3 is 5.97 Å². The summed E-state index contributed by atoms with van der Waals surface area (Å²) in [7, 11) is 0. The van der Waals surface area contributed by atoms with E-state index in [0.717, 1.165) is 16.5 Å². The molecule has 7 aromatic rings. The number of amides is 11. The molecule has 0 saturated carbocycles. The summed E-state index contributed by atoms with van der Waals surface area (Å²) in [6.07, 6.45) is 5.20. The second kappa shape index (κ2) is 41.8. The number of aromatic amines is 3. The maximum atomic E-state index is 15.0. The Labute approximate surface area is 627 Å². The molecule has 0 saturated heterocycles. The Kier molecular flexibility index (Phi) is 32.3. The lowest BCUT2D eigenvalue weighted by Crippen LogP contribution is -2.62. The van der Waals surface area contributed by atoms with Crippen LogP contribution in [-0.4, -0.2) is 191 Å². The highest BCUT2D eigenvalue weighted by Gasteiger charge is 2.38. The average Bonchev–Trinajstić information content (AvgIpc) is 1.66. The summed E-state index contributed by atoms with van der Waals surface area (Å²) in [5, 5.41) is 47.5. The van der Waals surface area contributed by atoms with Gasteiger partial charge in [-0.1, -0.05) is 123 Å². The first-order chi connectivity index (χ1) is 51.3. The number of imidazole rings is 2. The standard InChI is InChI=1S/C72H92N20O13S2/c1-40(2)60(92-67(100)54(30-44-33-80-49-22-13-12-21-47(44)49)86-68(101)57(36-106)90-61(94)48(73)27-41-15-6-3-7-16-41)70(103)88-53(29-43-19-10-5-11-20-43)65(98)84-51(24-25-59(74)93)63(96)85-52(28-42-17-8-4-9-18-42)64(97)83-50(23-14-26-79-72(75)76)62(95)87-55(31-45-34-77-38-81-45)66(99)91-58(37-107)69(102)89-56(71(104)105)32-46-35-78-39-82-46/h3-13,15-22,33-35,38-40,48,50-58,60,80,106-107H,14,23-32,36-37,73H2,1-2H3,(H2,74,93)(H,77,81)(H,78,82)(H,83,97)(H,84,98)(H,85,96)(H,86,101)(H,87,95)(H,88,103)(H,89,102)(H,90,94)(H,91,99)(H,92,100)(H,104,105)(H4,75,76,79)/t48-,50-,51-,52-,53-,54-,55-,56-,57-,58-,60-/m0/s1. The molecule has 0 aliphatic rings. The molecule has 0 bridgehead atoms. The fourth-order valence-corrected chi connectivity index (χ4v) is 11.9. The van der Waals surface area contributed by atoms with Gasteiger partial charge in [0, 0.05) is 97.5 Å². The summed E-state index contributed by atoms with van der Waals surface area (Å²) in [6, 6.07) is 17.3. The molecule has 0 aliphatic heterocycles. The number of aromatic nitrogens is 5. The van der Waals surface area contributed by atoms with E-state index in [0.29, 0.717) is 28.1 Å². The number of carbonyl (C=O) groups is 12. The Morgan fingerprint density at radius 2 is 0.850 bits per heavy atom. The first-order valence-electron chi connectivity index (χ1n) is 34.5. The van der Waals surface area contributed by atoms with Crippen molar-refractivity contribution in [3.63, 3.8) is 0 Å². The van der Waals surface area contributed by atoms with Crippen LogP contribution in [0.3, 0.4) is 0 Å². The smallest absolute Gasteiger partial charge is 0.326 e. The highest BCUT2D eigenvalue weighted by Crippen LogP contribution is 2.21. The number of H-pyrrole nitrogens is 3. The number of nitrogens with one attached hydrogen (secondary N) is 15. The van der Waals surface area contributed by atoms with E-state index >= 15 is 4.79 Å². The SMILES string of the molecule is CC(C)[C@H](NC(=O)[C@H](Cc1c[nH]c2ccccc12)NC(=O)[C@H](CS)NC(=O)[C@@H](N)Cc1ccccc1)C(=O)N[C@@H](Cc1ccccc1)C(=O)N[C@@H](CCC(N)=O)C(=O)N[C@@H](Cc1ccccc1)C(=O)N[C@@H](CCCNC(=N)N)C(=O)N[C@@H](Cc1cnc[nH]1)C(=O)N[C@@H](CS)C(=O)N[C@@H](Cc1cnc[nH]1)C(=O)O. The van der Waals surface area contributed by atoms with Gasteiger partial charge in [0.25, 0.3) is 0 Å². The normalized spacial score (nSPS) is 14.2. The molecule has 0 unspecified atom stereocenters. The first kappa shape index (κ1) is 82.7. The third-order valence-corrected chi connectivity index (χ3v) is 17.9. The number of benzene rings is 4. The first-order valence-corrected chi connectivity index (χ1v) is 35.8. The van der Waals surface area contributed by atoms with E-state index in [1.807, 2.05) is 24.3 Å². The van der Waals surface area contributed by atoms with E-state index in [1.165, 1.54) is 25.0 Å². The maximum Gasteiger partial charge on any atom is 0.326 e. The van der Waals surface area contributed by atoms with Gasteiger partial charge in [0.2, 0.25) is 65.0 Å². The molecule has 0 spiro atoms. The molecule has 570 valence electrons. The Hall–Kier alpha value is -11.6. The van der Waals surface area contributed by atoms with Crippen molar-refractivity contribution in [2.75, 3.05) is 18.1 Å². The third kappa shape index (κ3) is 26.5. The fraction of sp³-hybridized carbons (Fsp3) is 0.375. The number of nitrogens with two attached hydrogens (primary N) is 3. The monoisotopic (exact) mass is 1510 g/mol. The summed E-state index contributed by atoms with van der Waals surface area (Å²) in [5.41, 5.74) is 21.4. The maximum absolute atomic E-state index is 15.0. The quantitative estimate of drug-likeness (QED) is 0.00912. The molecule has 35 heteroatoms. The van der Waals surface area contributed by atoms with Gasteiger partial charge in [-0.25, -0.2) is 14.8 Å². The molecule has 0 radical (unpaired) electrons. The number of primary amides is 1. The molecule has 0 aliphatic carbocycles. The molecule has 22 N–H and O–H groups in total. The predicted molar refractivity (Wildman–Crippen MR) is 402 cm³/mol. The number of rotatable bonds is 43. The largest absolute Gasteiger partial charge is 0.480 e. The Bertz CT molecular complexity index is 4140. The molecule has 3 heterocycles. The molecule has 33 nitrogen and oxygen atoms in total. The van der Waals surface area contributed by atoms with Gasteiger partial charge in [-0.15, -0.1) is 0 Å². The van der Waals surface area contributed by atoms with Gasteiger partial charge in [0.1, 0.15) is 60.4 Å². The molecular weight excluding hydrogens is 1420 g/mol. The second-order valence-electron chi connectivity index (χ2n) is 25.8. The number of carboxylic acid groups (broad SMARTS) is 1. The number of carbonyl (C=O) groups excluding carboxylic acids is 11. The van der Waals surface area contributed by atoms with Gasteiger partial charge in [-0.2, -0.15) is 25.3 Å². The average molecular weight is 1510 g/mol. The van der Waals surface area contributed by atoms with E-state index in [4.69, 9.17) is 22.6 Å². The van der Waals surface area contributed by atoms with Crippen molar-refractivity contribution in [3.05, 3.63) is 180 Å². The van der Waals surface area contributed by atoms with Crippen molar-refractivity contribution in [1.29, 1.82) is 5.41 Å². The molecule has 7 rings (SSSR count). The van der Waals surface area contributed by atoms with E-state index < -0.39 is 162 Å². The van der Waals surface area contributed by atoms with Crippen LogP contribution in [0, 0.1) is 11.3 Å². The molecule has 0 fully saturated rings. The number of hydrogen-bond acceptors (Lipinski definition) is 18. The molecule has 4 aromatic carbocycles. The van der Waals surface area contributed by atoms with Crippen LogP contribution >= 0.6 is 25.3 Å². The summed E-state index contributed by atoms with van der Waals surface area (Å²) in [5.74, 6) is -12.7. The topological polar surface area (TPSA) is 532 Å². The zero-order valence-corrected chi connectivity index (χ0v) is 60.6. The number of carboxylic acids is 1. The second-order valence-corrected chi connectivity index (χ2v) is 26.5. The van der Waals surface area contributed by atoms with Crippen molar-refractivity contribution in [2.24, 2.45) is 23.1 Å². The summed E-state index contributed by atoms with van der Waals surface area (Å²) in [4.78, 5) is 186. The lowest BCUT2D eigenvalue weighted by molar-refractivity contribution is -0.142. The number of fused-ring (bicyclic) bond motifs is 1. The number of thiol groups is 2. The van der Waals surface area contributed by atoms with Crippen LogP contribution in [-0.2, 0) is 96.1 Å². The van der Waals surface area contributed by atoms with Crippen LogP contribution in [0.1, 0.15) is 73.2 Å². The highest BCUT2D eigenvalue weighted by atomic mass is 32.1. The van der Waals surface area contributed by atoms with Crippen LogP contribution in [0.2, 0.25) is 0 Å². The van der Waals surface area contributed by atoms with Crippen molar-refractivity contribution < 1.29 is 62.6 Å². The number of para-hydroxylation sites is 1. The molecule has 11 atom stereocenters. The Balaban J connectivity index is 1.12. The zero-order chi connectivity index (χ0) is 77.5. The predicted octanol–water partition coefficient (Wildman–Crippen LogP) is -1.33. The van der Waals surface area contributed by atoms with E-state index in [-0.39, 0.29) is 69.4 Å². The lowest BCUT2D eigenvalue weighted by Gasteiger charge is -2.29. The third-order valence-electron chi connectivity index (χ3n) is 17.2. The van der Waals surface area contributed by atoms with Gasteiger partial charge in [-0.05, 0) is 59.9 Å². The van der Waals surface area contributed by atoms with Gasteiger partial charge in [0.15, 0.2) is 5.96 Å².